The first-order valence-corrected chi connectivity index (χ1v) is 16.5. The van der Waals surface area contributed by atoms with Crippen LogP contribution in [0.4, 0.5) is 0 Å². The summed E-state index contributed by atoms with van der Waals surface area (Å²) in [6.45, 7) is 7.98. The van der Waals surface area contributed by atoms with Crippen LogP contribution in [-0.4, -0.2) is 89.4 Å². The number of phenolic OH excluding ortho intramolecular Hbond substituents is 1. The zero-order valence-electron chi connectivity index (χ0n) is 28.2. The standard InChI is InChI=1S/C36H49N5O6/c1-7-23(4)31-34(44)37-17-15-25-21-26(13-14-29(25)42)47-30-16-18-41(32(30)35(45)39-31)36(46)27(19-22(2)3)38-33(43)28(40(5)6)20-24-11-9-8-10-12-24/h8-15,17,21-23,27-28,30-32,42H,7,16,18-20H2,1-6H3,(H,37,44)(H,38,43)(H,39,45)/t23-,27-,28-,30+,31-,32+/m0/s1. The number of carbonyl (C=O) groups is 4. The molecule has 1 fully saturated rings. The summed E-state index contributed by atoms with van der Waals surface area (Å²) in [4.78, 5) is 58.9. The molecule has 0 radical (unpaired) electrons. The van der Waals surface area contributed by atoms with Gasteiger partial charge in [0.2, 0.25) is 23.6 Å². The van der Waals surface area contributed by atoms with Gasteiger partial charge in [-0.25, -0.2) is 0 Å². The molecule has 0 unspecified atom stereocenters. The highest BCUT2D eigenvalue weighted by atomic mass is 16.5. The second-order valence-electron chi connectivity index (χ2n) is 13.2. The van der Waals surface area contributed by atoms with Crippen LogP contribution in [0, 0.1) is 11.8 Å². The molecular weight excluding hydrogens is 598 g/mol. The highest BCUT2D eigenvalue weighted by Gasteiger charge is 2.46. The average molecular weight is 648 g/mol. The van der Waals surface area contributed by atoms with Gasteiger partial charge < -0.3 is 30.7 Å². The molecule has 2 aliphatic rings. The van der Waals surface area contributed by atoms with Crippen LogP contribution in [-0.2, 0) is 25.6 Å². The summed E-state index contributed by atoms with van der Waals surface area (Å²) in [6.07, 6.45) is 4.07. The number of nitrogens with one attached hydrogen (secondary N) is 3. The van der Waals surface area contributed by atoms with Crippen molar-refractivity contribution in [3.05, 3.63) is 65.9 Å². The Bertz CT molecular complexity index is 1440. The number of aromatic hydroxyl groups is 1. The van der Waals surface area contributed by atoms with Crippen molar-refractivity contribution in [3.8, 4) is 11.5 Å². The summed E-state index contributed by atoms with van der Waals surface area (Å²) in [5.41, 5.74) is 1.43. The first-order chi connectivity index (χ1) is 22.4. The van der Waals surface area contributed by atoms with Gasteiger partial charge in [0, 0.05) is 24.7 Å². The fraction of sp³-hybridized carbons (Fsp3) is 0.500. The third kappa shape index (κ3) is 8.91. The second kappa shape index (κ2) is 15.9. The topological polar surface area (TPSA) is 140 Å². The van der Waals surface area contributed by atoms with Gasteiger partial charge >= 0.3 is 0 Å². The number of likely N-dealkylation sites (N-methyl/N-ethyl adjacent to an activating group) is 1. The highest BCUT2D eigenvalue weighted by molar-refractivity contribution is 5.96. The van der Waals surface area contributed by atoms with E-state index in [0.29, 0.717) is 37.0 Å². The van der Waals surface area contributed by atoms with E-state index < -0.39 is 42.1 Å². The van der Waals surface area contributed by atoms with Crippen LogP contribution in [0.5, 0.6) is 11.5 Å². The van der Waals surface area contributed by atoms with Gasteiger partial charge in [0.25, 0.3) is 0 Å². The number of rotatable bonds is 10. The third-order valence-corrected chi connectivity index (χ3v) is 8.98. The number of hydrogen-bond acceptors (Lipinski definition) is 7. The average Bonchev–Trinajstić information content (AvgIpc) is 3.45. The van der Waals surface area contributed by atoms with Crippen LogP contribution in [0.2, 0.25) is 0 Å². The quantitative estimate of drug-likeness (QED) is 0.311. The van der Waals surface area contributed by atoms with Crippen LogP contribution < -0.4 is 20.7 Å². The van der Waals surface area contributed by atoms with Crippen molar-refractivity contribution in [1.29, 1.82) is 0 Å². The van der Waals surface area contributed by atoms with Crippen molar-refractivity contribution in [2.24, 2.45) is 11.8 Å². The van der Waals surface area contributed by atoms with Gasteiger partial charge in [-0.05, 0) is 68.6 Å². The minimum atomic E-state index is -1.06. The number of fused-ring (bicyclic) bond motifs is 3. The summed E-state index contributed by atoms with van der Waals surface area (Å²) in [5, 5.41) is 19.1. The van der Waals surface area contributed by atoms with Crippen molar-refractivity contribution in [2.75, 3.05) is 20.6 Å². The van der Waals surface area contributed by atoms with E-state index in [4.69, 9.17) is 4.74 Å². The summed E-state index contributed by atoms with van der Waals surface area (Å²) < 4.78 is 6.33. The summed E-state index contributed by atoms with van der Waals surface area (Å²) >= 11 is 0. The number of benzene rings is 2. The first-order valence-electron chi connectivity index (χ1n) is 16.5. The van der Waals surface area contributed by atoms with E-state index in [2.05, 4.69) is 16.0 Å². The molecule has 254 valence electrons. The number of carbonyl (C=O) groups excluding carboxylic acids is 4. The smallest absolute Gasteiger partial charge is 0.247 e. The molecule has 2 bridgehead atoms. The predicted octanol–water partition coefficient (Wildman–Crippen LogP) is 3.08. The second-order valence-corrected chi connectivity index (χ2v) is 13.2. The Balaban J connectivity index is 1.66. The molecule has 0 aliphatic carbocycles. The molecule has 4 amide bonds. The first kappa shape index (κ1) is 35.5. The molecule has 2 aliphatic heterocycles. The van der Waals surface area contributed by atoms with E-state index in [0.717, 1.165) is 5.56 Å². The minimum absolute atomic E-state index is 0.000682. The molecule has 47 heavy (non-hydrogen) atoms. The molecule has 11 heteroatoms. The van der Waals surface area contributed by atoms with E-state index in [9.17, 15) is 24.3 Å². The molecule has 6 atom stereocenters. The number of hydrogen-bond donors (Lipinski definition) is 4. The lowest BCUT2D eigenvalue weighted by Crippen LogP contribution is -2.60. The SMILES string of the molecule is CC[C@H](C)[C@@H]1NC(=O)[C@H]2[C@@H](CCN2C(=O)[C@H](CC(C)C)NC(=O)[C@H](Cc2ccccc2)N(C)C)Oc2ccc(O)c(c2)C=CNC1=O. The van der Waals surface area contributed by atoms with Gasteiger partial charge in [0.05, 0.1) is 6.04 Å². The fourth-order valence-corrected chi connectivity index (χ4v) is 6.11. The predicted molar refractivity (Wildman–Crippen MR) is 180 cm³/mol. The van der Waals surface area contributed by atoms with E-state index in [1.54, 1.807) is 18.2 Å². The van der Waals surface area contributed by atoms with E-state index in [1.807, 2.05) is 77.0 Å². The van der Waals surface area contributed by atoms with Crippen molar-refractivity contribution in [1.82, 2.24) is 25.8 Å². The Morgan fingerprint density at radius 3 is 2.47 bits per heavy atom. The monoisotopic (exact) mass is 647 g/mol. The minimum Gasteiger partial charge on any atom is -0.507 e. The molecule has 0 saturated carbocycles. The van der Waals surface area contributed by atoms with E-state index >= 15 is 0 Å². The Kier molecular flexibility index (Phi) is 12.0. The van der Waals surface area contributed by atoms with E-state index in [1.165, 1.54) is 17.2 Å². The summed E-state index contributed by atoms with van der Waals surface area (Å²) in [5.74, 6) is -1.30. The van der Waals surface area contributed by atoms with Gasteiger partial charge in [-0.3, -0.25) is 24.1 Å². The Morgan fingerprint density at radius 2 is 1.81 bits per heavy atom. The van der Waals surface area contributed by atoms with Crippen molar-refractivity contribution in [2.45, 2.75) is 83.6 Å². The molecule has 2 heterocycles. The zero-order valence-corrected chi connectivity index (χ0v) is 28.2. The Morgan fingerprint density at radius 1 is 1.09 bits per heavy atom. The van der Waals surface area contributed by atoms with Crippen LogP contribution >= 0.6 is 0 Å². The van der Waals surface area contributed by atoms with Crippen LogP contribution in [0.15, 0.2) is 54.7 Å². The van der Waals surface area contributed by atoms with Crippen molar-refractivity contribution < 1.29 is 29.0 Å². The van der Waals surface area contributed by atoms with Crippen LogP contribution in [0.3, 0.4) is 0 Å². The molecule has 4 rings (SSSR count). The van der Waals surface area contributed by atoms with Crippen molar-refractivity contribution >= 4 is 29.7 Å². The third-order valence-electron chi connectivity index (χ3n) is 8.98. The molecule has 1 saturated heterocycles. The van der Waals surface area contributed by atoms with Crippen LogP contribution in [0.25, 0.3) is 6.08 Å². The molecule has 0 aromatic heterocycles. The number of nitrogens with zero attached hydrogens (tertiary/aromatic N) is 2. The van der Waals surface area contributed by atoms with Crippen LogP contribution in [0.1, 0.15) is 58.1 Å². The highest BCUT2D eigenvalue weighted by Crippen LogP contribution is 2.30. The Labute approximate surface area is 277 Å². The summed E-state index contributed by atoms with van der Waals surface area (Å²) in [7, 11) is 3.67. The molecule has 11 nitrogen and oxygen atoms in total. The molecule has 0 spiro atoms. The fourth-order valence-electron chi connectivity index (χ4n) is 6.11. The largest absolute Gasteiger partial charge is 0.507 e. The number of phenols is 1. The Hall–Kier alpha value is -4.38. The van der Waals surface area contributed by atoms with Gasteiger partial charge in [0.15, 0.2) is 0 Å². The van der Waals surface area contributed by atoms with Crippen molar-refractivity contribution in [3.63, 3.8) is 0 Å². The zero-order chi connectivity index (χ0) is 34.2. The molecule has 4 N–H and O–H groups in total. The normalized spacial score (nSPS) is 21.7. The maximum absolute atomic E-state index is 14.4. The maximum atomic E-state index is 14.4. The van der Waals surface area contributed by atoms with Gasteiger partial charge in [-0.2, -0.15) is 0 Å². The number of likely N-dealkylation sites (tertiary alicyclic amines) is 1. The van der Waals surface area contributed by atoms with E-state index in [-0.39, 0.29) is 35.9 Å². The molecule has 2 aromatic carbocycles. The molecule has 2 aromatic rings. The lowest BCUT2D eigenvalue weighted by molar-refractivity contribution is -0.144. The lowest BCUT2D eigenvalue weighted by atomic mass is 9.97. The van der Waals surface area contributed by atoms with Gasteiger partial charge in [-0.15, -0.1) is 0 Å². The van der Waals surface area contributed by atoms with Gasteiger partial charge in [-0.1, -0.05) is 64.4 Å². The summed E-state index contributed by atoms with van der Waals surface area (Å²) in [6, 6.07) is 11.1. The maximum Gasteiger partial charge on any atom is 0.247 e. The number of ether oxygens (including phenoxy) is 1. The number of amides is 4. The van der Waals surface area contributed by atoms with Gasteiger partial charge in [0.1, 0.15) is 35.7 Å². The molecular formula is C36H49N5O6. The lowest BCUT2D eigenvalue weighted by Gasteiger charge is -2.33.